The third-order valence-electron chi connectivity index (χ3n) is 8.42. The van der Waals surface area contributed by atoms with Gasteiger partial charge in [-0.05, 0) is 102 Å². The summed E-state index contributed by atoms with van der Waals surface area (Å²) in [5.41, 5.74) is 5.62. The molecule has 0 saturated carbocycles. The van der Waals surface area contributed by atoms with E-state index in [4.69, 9.17) is 21.1 Å². The SMILES string of the molecule is CCOc1ccc(-c2cccc3c2CC[C@@H]3Cc2cc(OCc3cc(C#N)cc(C#N)c3)c(CNC(CO)C(=O)O)cc2Cl)c(F)c1O. The minimum atomic E-state index is -1.21. The Labute approximate surface area is 282 Å². The van der Waals surface area contributed by atoms with Gasteiger partial charge in [0, 0.05) is 22.7 Å². The number of carbonyl (C=O) groups is 1. The number of phenolic OH excluding ortho intramolecular Hbond substituents is 1. The van der Waals surface area contributed by atoms with Gasteiger partial charge in [0.15, 0.2) is 17.3 Å². The Morgan fingerprint density at radius 2 is 1.79 bits per heavy atom. The zero-order valence-electron chi connectivity index (χ0n) is 26.1. The lowest BCUT2D eigenvalue weighted by molar-refractivity contribution is -0.140. The van der Waals surface area contributed by atoms with Gasteiger partial charge >= 0.3 is 5.97 Å². The van der Waals surface area contributed by atoms with Crippen molar-refractivity contribution in [2.45, 2.75) is 51.3 Å². The number of halogens is 2. The predicted octanol–water partition coefficient (Wildman–Crippen LogP) is 6.38. The van der Waals surface area contributed by atoms with Gasteiger partial charge in [-0.25, -0.2) is 4.39 Å². The van der Waals surface area contributed by atoms with E-state index in [2.05, 4.69) is 5.32 Å². The van der Waals surface area contributed by atoms with E-state index in [1.165, 1.54) is 6.07 Å². The molecule has 0 radical (unpaired) electrons. The molecular weight excluding hydrogens is 637 g/mol. The molecule has 0 spiro atoms. The lowest BCUT2D eigenvalue weighted by Crippen LogP contribution is -2.39. The molecule has 1 unspecified atom stereocenters. The van der Waals surface area contributed by atoms with Crippen LogP contribution >= 0.6 is 11.6 Å². The first kappa shape index (κ1) is 34.2. The number of ether oxygens (including phenoxy) is 2. The van der Waals surface area contributed by atoms with Gasteiger partial charge in [0.2, 0.25) is 0 Å². The van der Waals surface area contributed by atoms with Crippen molar-refractivity contribution in [2.75, 3.05) is 13.2 Å². The third-order valence-corrected chi connectivity index (χ3v) is 8.78. The average Bonchev–Trinajstić information content (AvgIpc) is 3.50. The number of aromatic hydroxyl groups is 1. The van der Waals surface area contributed by atoms with E-state index < -0.39 is 30.2 Å². The molecule has 4 aromatic carbocycles. The molecule has 1 aliphatic rings. The fourth-order valence-corrected chi connectivity index (χ4v) is 6.35. The molecule has 0 heterocycles. The lowest BCUT2D eigenvalue weighted by atomic mass is 9.90. The van der Waals surface area contributed by atoms with Crippen molar-refractivity contribution in [3.05, 3.63) is 110 Å². The Hall–Kier alpha value is -5.13. The first-order valence-electron chi connectivity index (χ1n) is 15.4. The van der Waals surface area contributed by atoms with Crippen molar-refractivity contribution in [2.24, 2.45) is 0 Å². The minimum absolute atomic E-state index is 0.0246. The van der Waals surface area contributed by atoms with Gasteiger partial charge in [-0.2, -0.15) is 10.5 Å². The maximum Gasteiger partial charge on any atom is 0.323 e. The molecule has 5 rings (SSSR count). The minimum Gasteiger partial charge on any atom is -0.502 e. The number of benzene rings is 4. The number of nitrogens with one attached hydrogen (secondary N) is 1. The summed E-state index contributed by atoms with van der Waals surface area (Å²) in [7, 11) is 0. The molecule has 0 saturated heterocycles. The molecule has 246 valence electrons. The van der Waals surface area contributed by atoms with Gasteiger partial charge in [0.25, 0.3) is 0 Å². The highest BCUT2D eigenvalue weighted by Gasteiger charge is 2.28. The van der Waals surface area contributed by atoms with Crippen molar-refractivity contribution in [1.82, 2.24) is 5.32 Å². The van der Waals surface area contributed by atoms with Gasteiger partial charge < -0.3 is 24.8 Å². The summed E-state index contributed by atoms with van der Waals surface area (Å²) >= 11 is 6.81. The van der Waals surface area contributed by atoms with Gasteiger partial charge in [-0.1, -0.05) is 29.8 Å². The van der Waals surface area contributed by atoms with Crippen LogP contribution in [0, 0.1) is 28.5 Å². The van der Waals surface area contributed by atoms with E-state index in [1.54, 1.807) is 43.3 Å². The monoisotopic (exact) mass is 669 g/mol. The van der Waals surface area contributed by atoms with Crippen molar-refractivity contribution in [1.29, 1.82) is 10.5 Å². The molecule has 0 fully saturated rings. The average molecular weight is 670 g/mol. The number of phenols is 1. The maximum absolute atomic E-state index is 15.3. The fraction of sp³-hybridized carbons (Fsp3) is 0.270. The number of carboxylic acid groups (broad SMARTS) is 1. The van der Waals surface area contributed by atoms with Crippen molar-refractivity contribution >= 4 is 17.6 Å². The Bertz CT molecular complexity index is 1900. The van der Waals surface area contributed by atoms with Crippen LogP contribution in [-0.4, -0.2) is 40.5 Å². The second-order valence-corrected chi connectivity index (χ2v) is 11.9. The Kier molecular flexibility index (Phi) is 10.8. The van der Waals surface area contributed by atoms with Crippen LogP contribution in [0.15, 0.2) is 60.7 Å². The Morgan fingerprint density at radius 1 is 1.04 bits per heavy atom. The second-order valence-electron chi connectivity index (χ2n) is 11.5. The van der Waals surface area contributed by atoms with Crippen molar-refractivity contribution in [3.63, 3.8) is 0 Å². The number of aliphatic hydroxyl groups is 1. The number of aliphatic carboxylic acids is 1. The molecule has 48 heavy (non-hydrogen) atoms. The molecule has 0 aliphatic heterocycles. The molecule has 1 aliphatic carbocycles. The molecule has 4 N–H and O–H groups in total. The molecule has 9 nitrogen and oxygen atoms in total. The highest BCUT2D eigenvalue weighted by atomic mass is 35.5. The summed E-state index contributed by atoms with van der Waals surface area (Å²) in [6.45, 7) is 1.50. The molecule has 2 atom stereocenters. The highest BCUT2D eigenvalue weighted by molar-refractivity contribution is 6.31. The van der Waals surface area contributed by atoms with Crippen LogP contribution in [0.1, 0.15) is 58.2 Å². The smallest absolute Gasteiger partial charge is 0.323 e. The Morgan fingerprint density at radius 3 is 2.46 bits per heavy atom. The fourth-order valence-electron chi connectivity index (χ4n) is 6.09. The van der Waals surface area contributed by atoms with E-state index in [-0.39, 0.29) is 24.8 Å². The van der Waals surface area contributed by atoms with Crippen LogP contribution in [0.25, 0.3) is 11.1 Å². The Balaban J connectivity index is 1.45. The van der Waals surface area contributed by atoms with E-state index in [1.807, 2.05) is 30.3 Å². The topological polar surface area (TPSA) is 156 Å². The summed E-state index contributed by atoms with van der Waals surface area (Å²) < 4.78 is 26.9. The summed E-state index contributed by atoms with van der Waals surface area (Å²) in [5, 5.41) is 51.3. The zero-order chi connectivity index (χ0) is 34.4. The quantitative estimate of drug-likeness (QED) is 0.127. The molecule has 4 aromatic rings. The largest absolute Gasteiger partial charge is 0.502 e. The van der Waals surface area contributed by atoms with Crippen LogP contribution < -0.4 is 14.8 Å². The summed E-state index contributed by atoms with van der Waals surface area (Å²) in [6.07, 6.45) is 2.01. The number of hydrogen-bond donors (Lipinski definition) is 4. The van der Waals surface area contributed by atoms with Gasteiger partial charge in [0.1, 0.15) is 18.4 Å². The first-order chi connectivity index (χ1) is 23.2. The van der Waals surface area contributed by atoms with Crippen LogP contribution in [0.5, 0.6) is 17.2 Å². The predicted molar refractivity (Wildman–Crippen MR) is 176 cm³/mol. The van der Waals surface area contributed by atoms with E-state index in [0.717, 1.165) is 23.1 Å². The van der Waals surface area contributed by atoms with Crippen LogP contribution in [-0.2, 0) is 30.8 Å². The van der Waals surface area contributed by atoms with E-state index in [0.29, 0.717) is 63.6 Å². The third kappa shape index (κ3) is 7.37. The molecule has 0 aromatic heterocycles. The van der Waals surface area contributed by atoms with Crippen LogP contribution in [0.3, 0.4) is 0 Å². The zero-order valence-corrected chi connectivity index (χ0v) is 26.9. The second kappa shape index (κ2) is 15.2. The van der Waals surface area contributed by atoms with Crippen molar-refractivity contribution in [3.8, 4) is 40.5 Å². The molecule has 11 heteroatoms. The maximum atomic E-state index is 15.3. The number of carboxylic acids is 1. The standard InChI is InChI=1S/C37H33ClFN3O6/c1-2-47-33-9-8-30(35(39)36(33)44)28-5-3-4-27-24(6-7-29(27)28)13-25-15-34(26(14-31(25)38)18-42-32(19-43)37(45)46)48-20-23-11-21(16-40)10-22(12-23)17-41/h3-5,8-12,14-15,24,32,42-44H,2,6-7,13,18-20H2,1H3,(H,45,46)/t24-,32?/m1/s1. The molecule has 0 bridgehead atoms. The van der Waals surface area contributed by atoms with Crippen LogP contribution in [0.4, 0.5) is 4.39 Å². The van der Waals surface area contributed by atoms with E-state index >= 15 is 4.39 Å². The summed E-state index contributed by atoms with van der Waals surface area (Å²) in [6, 6.07) is 20.0. The number of fused-ring (bicyclic) bond motifs is 1. The number of nitriles is 2. The number of hydrogen-bond acceptors (Lipinski definition) is 8. The van der Waals surface area contributed by atoms with Gasteiger partial charge in [-0.3, -0.25) is 10.1 Å². The molecule has 0 amide bonds. The lowest BCUT2D eigenvalue weighted by Gasteiger charge is -2.19. The van der Waals surface area contributed by atoms with Gasteiger partial charge in [0.05, 0.1) is 36.5 Å². The van der Waals surface area contributed by atoms with Crippen LogP contribution in [0.2, 0.25) is 5.02 Å². The molecular formula is C37H33ClFN3O6. The first-order valence-corrected chi connectivity index (χ1v) is 15.8. The van der Waals surface area contributed by atoms with Gasteiger partial charge in [-0.15, -0.1) is 0 Å². The van der Waals surface area contributed by atoms with E-state index in [9.17, 15) is 30.6 Å². The van der Waals surface area contributed by atoms with Crippen molar-refractivity contribution < 1.29 is 34.0 Å². The summed E-state index contributed by atoms with van der Waals surface area (Å²) in [5.74, 6) is -1.91. The number of nitrogens with zero attached hydrogens (tertiary/aromatic N) is 2. The normalized spacial score (nSPS) is 14.1. The summed E-state index contributed by atoms with van der Waals surface area (Å²) in [4.78, 5) is 11.5. The number of aliphatic hydroxyl groups excluding tert-OH is 1. The number of rotatable bonds is 13. The highest BCUT2D eigenvalue weighted by Crippen LogP contribution is 2.44.